The first kappa shape index (κ1) is 25.9. The topological polar surface area (TPSA) is 69.7 Å². The Hall–Kier alpha value is -2.71. The Kier molecular flexibility index (Phi) is 7.16. The summed E-state index contributed by atoms with van der Waals surface area (Å²) in [5, 5.41) is 3.00. The first-order valence-corrected chi connectivity index (χ1v) is 13.7. The Morgan fingerprint density at radius 2 is 1.86 bits per heavy atom. The fraction of sp³-hybridized carbons (Fsp3) is 0.321. The number of nitrogens with one attached hydrogen (secondary N) is 1. The van der Waals surface area contributed by atoms with Crippen molar-refractivity contribution in [3.05, 3.63) is 85.0 Å². The molecule has 0 radical (unpaired) electrons. The number of nitrogens with zero attached hydrogens (tertiary/aromatic N) is 2. The summed E-state index contributed by atoms with van der Waals surface area (Å²) in [4.78, 5) is 43.1. The number of carbonyl (C=O) groups excluding carboxylic acids is 3. The summed E-state index contributed by atoms with van der Waals surface area (Å²) < 4.78 is 0.480. The van der Waals surface area contributed by atoms with Crippen LogP contribution in [0.15, 0.2) is 48.5 Å². The second kappa shape index (κ2) is 10.2. The quantitative estimate of drug-likeness (QED) is 0.322. The second-order valence-corrected chi connectivity index (χ2v) is 12.1. The summed E-state index contributed by atoms with van der Waals surface area (Å²) in [6, 6.07) is 14.7. The van der Waals surface area contributed by atoms with E-state index in [1.165, 1.54) is 35.4 Å². The van der Waals surface area contributed by atoms with Gasteiger partial charge in [0.2, 0.25) is 0 Å². The number of rotatable bonds is 9. The fourth-order valence-corrected chi connectivity index (χ4v) is 6.03. The molecule has 2 heterocycles. The molecule has 0 saturated heterocycles. The summed E-state index contributed by atoms with van der Waals surface area (Å²) in [5.74, 6) is -1.25. The van der Waals surface area contributed by atoms with Gasteiger partial charge in [0.15, 0.2) is 0 Å². The SMILES string of the molecule is CN(C)CCC1(c2cccc(CCN3C(=O)c4cc(Cl)cc(NC(=O)c5ccc(Cl)s5)c4C3=O)c2)CC1. The molecular formula is C28H27Cl2N3O3S. The third kappa shape index (κ3) is 5.32. The molecule has 0 bridgehead atoms. The number of anilines is 1. The normalized spacial score (nSPS) is 15.9. The molecule has 0 spiro atoms. The van der Waals surface area contributed by atoms with Crippen LogP contribution in [-0.4, -0.2) is 54.7 Å². The average Bonchev–Trinajstić information content (AvgIpc) is 3.47. The molecule has 1 aliphatic carbocycles. The Morgan fingerprint density at radius 3 is 2.54 bits per heavy atom. The Bertz CT molecular complexity index is 1400. The van der Waals surface area contributed by atoms with Crippen molar-refractivity contribution in [3.63, 3.8) is 0 Å². The number of carbonyl (C=O) groups is 3. The van der Waals surface area contributed by atoms with E-state index in [1.54, 1.807) is 12.1 Å². The average molecular weight is 557 g/mol. The van der Waals surface area contributed by atoms with Gasteiger partial charge in [0, 0.05) is 11.6 Å². The Balaban J connectivity index is 1.32. The van der Waals surface area contributed by atoms with Crippen LogP contribution in [0.1, 0.15) is 60.8 Å². The number of amides is 3. The van der Waals surface area contributed by atoms with Crippen molar-refractivity contribution >= 4 is 57.9 Å². The third-order valence-corrected chi connectivity index (χ3v) is 8.59. The van der Waals surface area contributed by atoms with Crippen molar-refractivity contribution < 1.29 is 14.4 Å². The van der Waals surface area contributed by atoms with Crippen LogP contribution in [-0.2, 0) is 11.8 Å². The highest BCUT2D eigenvalue weighted by Gasteiger charge is 2.43. The molecule has 1 N–H and O–H groups in total. The van der Waals surface area contributed by atoms with Gasteiger partial charge in [-0.2, -0.15) is 0 Å². The predicted molar refractivity (Wildman–Crippen MR) is 148 cm³/mol. The lowest BCUT2D eigenvalue weighted by Gasteiger charge is -2.20. The molecule has 3 aromatic rings. The highest BCUT2D eigenvalue weighted by molar-refractivity contribution is 7.18. The van der Waals surface area contributed by atoms with Crippen LogP contribution in [0.25, 0.3) is 0 Å². The lowest BCUT2D eigenvalue weighted by molar-refractivity contribution is 0.0656. The van der Waals surface area contributed by atoms with E-state index in [-0.39, 0.29) is 33.8 Å². The molecule has 9 heteroatoms. The smallest absolute Gasteiger partial charge is 0.265 e. The number of hydrogen-bond donors (Lipinski definition) is 1. The van der Waals surface area contributed by atoms with Gasteiger partial charge in [-0.1, -0.05) is 47.5 Å². The first-order chi connectivity index (χ1) is 17.7. The molecule has 0 atom stereocenters. The number of benzene rings is 2. The van der Waals surface area contributed by atoms with Crippen molar-refractivity contribution in [1.82, 2.24) is 9.80 Å². The second-order valence-electron chi connectivity index (χ2n) is 9.98. The van der Waals surface area contributed by atoms with Crippen LogP contribution in [0, 0.1) is 0 Å². The largest absolute Gasteiger partial charge is 0.320 e. The zero-order valence-corrected chi connectivity index (χ0v) is 23.0. The minimum absolute atomic E-state index is 0.166. The van der Waals surface area contributed by atoms with Gasteiger partial charge in [-0.3, -0.25) is 19.3 Å². The Labute approximate surface area is 230 Å². The zero-order chi connectivity index (χ0) is 26.3. The summed E-state index contributed by atoms with van der Waals surface area (Å²) in [5.41, 5.74) is 3.25. The van der Waals surface area contributed by atoms with Crippen LogP contribution < -0.4 is 5.32 Å². The highest BCUT2D eigenvalue weighted by atomic mass is 35.5. The monoisotopic (exact) mass is 555 g/mol. The molecule has 192 valence electrons. The van der Waals surface area contributed by atoms with Crippen molar-refractivity contribution in [3.8, 4) is 0 Å². The standard InChI is InChI=1S/C28H27Cl2N3O3S/c1-32(2)13-11-28(9-10-28)18-5-3-4-17(14-18)8-12-33-26(35)20-15-19(29)16-21(24(20)27(33)36)31-25(34)22-6-7-23(30)37-22/h3-7,14-16H,8-13H2,1-2H3,(H,31,34). The first-order valence-electron chi connectivity index (χ1n) is 12.2. The zero-order valence-electron chi connectivity index (χ0n) is 20.6. The summed E-state index contributed by atoms with van der Waals surface area (Å²) in [6.07, 6.45) is 4.05. The summed E-state index contributed by atoms with van der Waals surface area (Å²) >= 11 is 13.3. The molecular weight excluding hydrogens is 529 g/mol. The molecule has 6 nitrogen and oxygen atoms in total. The fourth-order valence-electron chi connectivity index (χ4n) is 4.87. The van der Waals surface area contributed by atoms with Gasteiger partial charge in [0.1, 0.15) is 0 Å². The highest BCUT2D eigenvalue weighted by Crippen LogP contribution is 2.51. The van der Waals surface area contributed by atoms with Crippen molar-refractivity contribution in [2.75, 3.05) is 32.5 Å². The van der Waals surface area contributed by atoms with Crippen molar-refractivity contribution in [2.24, 2.45) is 0 Å². The van der Waals surface area contributed by atoms with E-state index in [4.69, 9.17) is 23.2 Å². The lowest BCUT2D eigenvalue weighted by atomic mass is 9.90. The minimum atomic E-state index is -0.433. The number of imide groups is 1. The van der Waals surface area contributed by atoms with Gasteiger partial charge in [0.05, 0.1) is 26.0 Å². The summed E-state index contributed by atoms with van der Waals surface area (Å²) in [6.45, 7) is 1.28. The van der Waals surface area contributed by atoms with E-state index in [1.807, 2.05) is 6.07 Å². The molecule has 5 rings (SSSR count). The van der Waals surface area contributed by atoms with Crippen molar-refractivity contribution in [2.45, 2.75) is 31.1 Å². The van der Waals surface area contributed by atoms with Crippen LogP contribution in [0.2, 0.25) is 9.36 Å². The third-order valence-electron chi connectivity index (χ3n) is 7.14. The Morgan fingerprint density at radius 1 is 1.08 bits per heavy atom. The molecule has 1 fully saturated rings. The molecule has 1 aromatic heterocycles. The van der Waals surface area contributed by atoms with E-state index in [0.29, 0.717) is 15.6 Å². The maximum absolute atomic E-state index is 13.4. The molecule has 2 aliphatic rings. The van der Waals surface area contributed by atoms with E-state index in [2.05, 4.69) is 42.5 Å². The molecule has 37 heavy (non-hydrogen) atoms. The molecule has 3 amide bonds. The maximum Gasteiger partial charge on any atom is 0.265 e. The lowest BCUT2D eigenvalue weighted by Crippen LogP contribution is -2.32. The molecule has 1 saturated carbocycles. The van der Waals surface area contributed by atoms with E-state index in [0.717, 1.165) is 29.9 Å². The van der Waals surface area contributed by atoms with Gasteiger partial charge < -0.3 is 10.2 Å². The van der Waals surface area contributed by atoms with E-state index in [9.17, 15) is 14.4 Å². The van der Waals surface area contributed by atoms with E-state index < -0.39 is 17.7 Å². The van der Waals surface area contributed by atoms with Gasteiger partial charge in [-0.15, -0.1) is 11.3 Å². The van der Waals surface area contributed by atoms with Crippen LogP contribution >= 0.6 is 34.5 Å². The summed E-state index contributed by atoms with van der Waals surface area (Å²) in [7, 11) is 4.19. The van der Waals surface area contributed by atoms with Crippen LogP contribution in [0.5, 0.6) is 0 Å². The number of fused-ring (bicyclic) bond motifs is 1. The molecule has 0 unspecified atom stereocenters. The van der Waals surface area contributed by atoms with Gasteiger partial charge in [-0.25, -0.2) is 0 Å². The van der Waals surface area contributed by atoms with E-state index >= 15 is 0 Å². The van der Waals surface area contributed by atoms with Crippen LogP contribution in [0.4, 0.5) is 5.69 Å². The molecule has 1 aliphatic heterocycles. The van der Waals surface area contributed by atoms with Gasteiger partial charge >= 0.3 is 0 Å². The van der Waals surface area contributed by atoms with Gasteiger partial charge in [0.25, 0.3) is 17.7 Å². The number of hydrogen-bond acceptors (Lipinski definition) is 5. The van der Waals surface area contributed by atoms with Crippen LogP contribution in [0.3, 0.4) is 0 Å². The number of thiophene rings is 1. The van der Waals surface area contributed by atoms with Crippen molar-refractivity contribution in [1.29, 1.82) is 0 Å². The molecule has 2 aromatic carbocycles. The minimum Gasteiger partial charge on any atom is -0.320 e. The predicted octanol–water partition coefficient (Wildman–Crippen LogP) is 6.13. The number of halogens is 2. The van der Waals surface area contributed by atoms with Gasteiger partial charge in [-0.05, 0) is 87.1 Å². The maximum atomic E-state index is 13.4.